The molecule has 0 bridgehead atoms. The number of nitrogens with one attached hydrogen (secondary N) is 1. The third kappa shape index (κ3) is 5.54. The third-order valence-electron chi connectivity index (χ3n) is 7.63. The maximum Gasteiger partial charge on any atom is 0.341 e. The summed E-state index contributed by atoms with van der Waals surface area (Å²) >= 11 is 6.12. The summed E-state index contributed by atoms with van der Waals surface area (Å²) in [6.07, 6.45) is 6.69. The highest BCUT2D eigenvalue weighted by Gasteiger charge is 2.23. The summed E-state index contributed by atoms with van der Waals surface area (Å²) in [7, 11) is 1.38. The number of carbonyl (C=O) groups is 1. The molecule has 0 radical (unpaired) electrons. The first-order valence-corrected chi connectivity index (χ1v) is 13.9. The molecule has 2 aromatic heterocycles. The molecule has 0 unspecified atom stereocenters. The van der Waals surface area contributed by atoms with Gasteiger partial charge >= 0.3 is 5.97 Å². The number of pyridine rings is 1. The molecule has 3 aromatic carbocycles. The number of methoxy groups -OCH3 is 1. The first kappa shape index (κ1) is 26.0. The lowest BCUT2D eigenvalue weighted by Crippen LogP contribution is -2.34. The number of piperidine rings is 1. The minimum atomic E-state index is -0.435. The number of hydrogen-bond donors (Lipinski definition) is 1. The Kier molecular flexibility index (Phi) is 7.43. The lowest BCUT2D eigenvalue weighted by molar-refractivity contribution is 0.0598. The number of ether oxygens (including phenoxy) is 2. The molecule has 6 rings (SSSR count). The minimum absolute atomic E-state index is 0.383. The van der Waals surface area contributed by atoms with Crippen molar-refractivity contribution >= 4 is 34.3 Å². The van der Waals surface area contributed by atoms with Gasteiger partial charge in [0.25, 0.3) is 0 Å². The quantitative estimate of drug-likeness (QED) is 0.208. The first-order valence-electron chi connectivity index (χ1n) is 13.5. The average molecular weight is 552 g/mol. The predicted octanol–water partition coefficient (Wildman–Crippen LogP) is 7.92. The van der Waals surface area contributed by atoms with Gasteiger partial charge in [0, 0.05) is 41.4 Å². The van der Waals surface area contributed by atoms with Crippen LogP contribution in [0.3, 0.4) is 0 Å². The van der Waals surface area contributed by atoms with Crippen molar-refractivity contribution < 1.29 is 14.3 Å². The zero-order chi connectivity index (χ0) is 27.5. The number of anilines is 1. The van der Waals surface area contributed by atoms with E-state index in [1.165, 1.54) is 23.8 Å². The number of fused-ring (bicyclic) bond motifs is 1. The van der Waals surface area contributed by atoms with E-state index >= 15 is 0 Å². The Morgan fingerprint density at radius 2 is 1.82 bits per heavy atom. The molecule has 0 saturated carbocycles. The normalized spacial score (nSPS) is 13.9. The zero-order valence-corrected chi connectivity index (χ0v) is 23.0. The van der Waals surface area contributed by atoms with Crippen LogP contribution in [0.15, 0.2) is 91.3 Å². The number of hydrogen-bond acceptors (Lipinski definition) is 5. The molecule has 0 amide bonds. The van der Waals surface area contributed by atoms with E-state index in [2.05, 4.69) is 51.3 Å². The molecule has 5 aromatic rings. The number of aromatic amines is 1. The molecule has 3 heterocycles. The van der Waals surface area contributed by atoms with Crippen molar-refractivity contribution in [2.24, 2.45) is 5.92 Å². The van der Waals surface area contributed by atoms with Crippen molar-refractivity contribution in [1.29, 1.82) is 0 Å². The highest BCUT2D eigenvalue weighted by atomic mass is 35.5. The van der Waals surface area contributed by atoms with Crippen molar-refractivity contribution in [1.82, 2.24) is 9.97 Å². The number of halogens is 1. The standard InChI is InChI=1S/C33H30ClN3O3/c1-39-33(38)30-11-10-27(20-31(30)40-28-19-25-12-15-35-32(25)36-21-28)37-16-13-22(14-17-37)18-24-4-2-3-5-29(24)23-6-8-26(34)9-7-23/h2-12,15,19-22H,13-14,16-18H2,1H3,(H,35,36). The number of aromatic nitrogens is 2. The summed E-state index contributed by atoms with van der Waals surface area (Å²) in [5, 5.41) is 1.69. The zero-order valence-electron chi connectivity index (χ0n) is 22.3. The van der Waals surface area contributed by atoms with E-state index in [9.17, 15) is 4.79 Å². The van der Waals surface area contributed by atoms with Gasteiger partial charge in [-0.25, -0.2) is 9.78 Å². The molecule has 202 valence electrons. The van der Waals surface area contributed by atoms with Crippen molar-refractivity contribution in [3.8, 4) is 22.6 Å². The van der Waals surface area contributed by atoms with Crippen LogP contribution in [0.2, 0.25) is 5.02 Å². The van der Waals surface area contributed by atoms with E-state index in [-0.39, 0.29) is 0 Å². The van der Waals surface area contributed by atoms with Crippen LogP contribution in [0.25, 0.3) is 22.2 Å². The molecule has 6 nitrogen and oxygen atoms in total. The highest BCUT2D eigenvalue weighted by molar-refractivity contribution is 6.30. The SMILES string of the molecule is COC(=O)c1ccc(N2CCC(Cc3ccccc3-c3ccc(Cl)cc3)CC2)cc1Oc1cnc2[nH]ccc2c1. The van der Waals surface area contributed by atoms with Gasteiger partial charge in [-0.2, -0.15) is 0 Å². The third-order valence-corrected chi connectivity index (χ3v) is 7.89. The number of rotatable bonds is 7. The highest BCUT2D eigenvalue weighted by Crippen LogP contribution is 2.35. The molecule has 40 heavy (non-hydrogen) atoms. The molecule has 1 N–H and O–H groups in total. The van der Waals surface area contributed by atoms with Crippen LogP contribution >= 0.6 is 11.6 Å². The van der Waals surface area contributed by atoms with Gasteiger partial charge in [-0.15, -0.1) is 0 Å². The van der Waals surface area contributed by atoms with Crippen molar-refractivity contribution in [3.63, 3.8) is 0 Å². The largest absolute Gasteiger partial charge is 0.465 e. The number of H-pyrrole nitrogens is 1. The molecular weight excluding hydrogens is 522 g/mol. The van der Waals surface area contributed by atoms with Gasteiger partial charge in [-0.05, 0) is 78.3 Å². The molecular formula is C33H30ClN3O3. The van der Waals surface area contributed by atoms with Gasteiger partial charge in [-0.1, -0.05) is 48.0 Å². The van der Waals surface area contributed by atoms with Crippen molar-refractivity contribution in [2.45, 2.75) is 19.3 Å². The Labute approximate surface area is 238 Å². The first-order chi connectivity index (χ1) is 19.6. The monoisotopic (exact) mass is 551 g/mol. The van der Waals surface area contributed by atoms with Gasteiger partial charge in [0.15, 0.2) is 0 Å². The maximum absolute atomic E-state index is 12.5. The van der Waals surface area contributed by atoms with Gasteiger partial charge in [-0.3, -0.25) is 0 Å². The van der Waals surface area contributed by atoms with Crippen LogP contribution in [0, 0.1) is 5.92 Å². The van der Waals surface area contributed by atoms with Gasteiger partial charge in [0.1, 0.15) is 22.7 Å². The fraction of sp³-hybridized carbons (Fsp3) is 0.212. The smallest absolute Gasteiger partial charge is 0.341 e. The van der Waals surface area contributed by atoms with E-state index in [4.69, 9.17) is 21.1 Å². The fourth-order valence-electron chi connectivity index (χ4n) is 5.49. The summed E-state index contributed by atoms with van der Waals surface area (Å²) in [4.78, 5) is 22.4. The van der Waals surface area contributed by atoms with E-state index < -0.39 is 5.97 Å². The van der Waals surface area contributed by atoms with E-state index in [1.54, 1.807) is 12.3 Å². The second-order valence-electron chi connectivity index (χ2n) is 10.2. The Morgan fingerprint density at radius 1 is 1.02 bits per heavy atom. The molecule has 1 fully saturated rings. The topological polar surface area (TPSA) is 67.4 Å². The van der Waals surface area contributed by atoms with Crippen LogP contribution in [-0.2, 0) is 11.2 Å². The van der Waals surface area contributed by atoms with Gasteiger partial charge in [0.2, 0.25) is 0 Å². The lowest BCUT2D eigenvalue weighted by Gasteiger charge is -2.34. The van der Waals surface area contributed by atoms with Crippen LogP contribution in [0.4, 0.5) is 5.69 Å². The number of carbonyl (C=O) groups excluding carboxylic acids is 1. The number of esters is 1. The molecule has 1 aliphatic heterocycles. The minimum Gasteiger partial charge on any atom is -0.465 e. The molecule has 7 heteroatoms. The van der Waals surface area contributed by atoms with Crippen molar-refractivity contribution in [3.05, 3.63) is 107 Å². The fourth-order valence-corrected chi connectivity index (χ4v) is 5.61. The molecule has 0 spiro atoms. The predicted molar refractivity (Wildman–Crippen MR) is 159 cm³/mol. The van der Waals surface area contributed by atoms with Crippen molar-refractivity contribution in [2.75, 3.05) is 25.1 Å². The Balaban J connectivity index is 1.17. The van der Waals surface area contributed by atoms with Crippen LogP contribution in [0.1, 0.15) is 28.8 Å². The molecule has 0 atom stereocenters. The number of nitrogens with zero attached hydrogens (tertiary/aromatic N) is 2. The lowest BCUT2D eigenvalue weighted by atomic mass is 9.87. The van der Waals surface area contributed by atoms with E-state index in [1.807, 2.05) is 42.6 Å². The summed E-state index contributed by atoms with van der Waals surface area (Å²) in [6, 6.07) is 26.3. The van der Waals surface area contributed by atoms with Gasteiger partial charge < -0.3 is 19.4 Å². The maximum atomic E-state index is 12.5. The molecule has 1 saturated heterocycles. The summed E-state index contributed by atoms with van der Waals surface area (Å²) in [5.41, 5.74) is 6.03. The Hall–Kier alpha value is -4.29. The second kappa shape index (κ2) is 11.4. The van der Waals surface area contributed by atoms with Crippen LogP contribution < -0.4 is 9.64 Å². The van der Waals surface area contributed by atoms with Crippen LogP contribution in [-0.4, -0.2) is 36.1 Å². The van der Waals surface area contributed by atoms with Gasteiger partial charge in [0.05, 0.1) is 13.3 Å². The van der Waals surface area contributed by atoms with Crippen LogP contribution in [0.5, 0.6) is 11.5 Å². The summed E-state index contributed by atoms with van der Waals surface area (Å²) in [6.45, 7) is 1.86. The van der Waals surface area contributed by atoms with E-state index in [0.717, 1.165) is 54.1 Å². The second-order valence-corrected chi connectivity index (χ2v) is 10.6. The summed E-state index contributed by atoms with van der Waals surface area (Å²) in [5.74, 6) is 1.18. The average Bonchev–Trinajstić information content (AvgIpc) is 3.46. The Morgan fingerprint density at radius 3 is 2.62 bits per heavy atom. The summed E-state index contributed by atoms with van der Waals surface area (Å²) < 4.78 is 11.2. The molecule has 0 aliphatic carbocycles. The Bertz CT molecular complexity index is 1640. The molecule has 1 aliphatic rings. The number of benzene rings is 3. The van der Waals surface area contributed by atoms with E-state index in [0.29, 0.717) is 23.0 Å².